The number of halogens is 2. The van der Waals surface area contributed by atoms with E-state index in [1.165, 1.54) is 21.5 Å². The summed E-state index contributed by atoms with van der Waals surface area (Å²) in [6.07, 6.45) is 0.757. The summed E-state index contributed by atoms with van der Waals surface area (Å²) in [4.78, 5) is 24.4. The summed E-state index contributed by atoms with van der Waals surface area (Å²) in [5.74, 6) is 0. The summed E-state index contributed by atoms with van der Waals surface area (Å²) in [7, 11) is 1.56. The van der Waals surface area contributed by atoms with Crippen LogP contribution in [-0.4, -0.2) is 13.9 Å². The molecule has 102 valence electrons. The molecule has 0 bridgehead atoms. The Morgan fingerprint density at radius 2 is 1.63 bits per heavy atom. The molecule has 0 radical (unpaired) electrons. The van der Waals surface area contributed by atoms with Gasteiger partial charge in [0, 0.05) is 23.6 Å². The van der Waals surface area contributed by atoms with E-state index in [1.807, 2.05) is 6.92 Å². The van der Waals surface area contributed by atoms with Gasteiger partial charge in [-0.15, -0.1) is 0 Å². The number of aromatic nitrogens is 3. The standard InChI is InChI=1S/C12H13Cl2N3O2/c1-3-4-16-12(19)17(11(18)15(16)2)10-6-8(13)5-9(14)7-10/h5-7H,3-4H2,1-2H3. The van der Waals surface area contributed by atoms with Crippen molar-refractivity contribution in [3.63, 3.8) is 0 Å². The molecule has 0 amide bonds. The summed E-state index contributed by atoms with van der Waals surface area (Å²) >= 11 is 11.8. The molecular formula is C12H13Cl2N3O2. The van der Waals surface area contributed by atoms with Gasteiger partial charge in [-0.2, -0.15) is 0 Å². The molecule has 0 aliphatic rings. The lowest BCUT2D eigenvalue weighted by atomic mass is 10.3. The van der Waals surface area contributed by atoms with Gasteiger partial charge in [-0.25, -0.2) is 23.5 Å². The van der Waals surface area contributed by atoms with E-state index in [-0.39, 0.29) is 0 Å². The van der Waals surface area contributed by atoms with Crippen LogP contribution in [-0.2, 0) is 13.6 Å². The third kappa shape index (κ3) is 2.48. The van der Waals surface area contributed by atoms with Gasteiger partial charge in [-0.1, -0.05) is 30.1 Å². The second-order valence-corrected chi connectivity index (χ2v) is 5.05. The van der Waals surface area contributed by atoms with Crippen molar-refractivity contribution in [1.82, 2.24) is 13.9 Å². The Labute approximate surface area is 119 Å². The molecule has 0 aliphatic heterocycles. The minimum Gasteiger partial charge on any atom is -0.246 e. The van der Waals surface area contributed by atoms with Gasteiger partial charge in [0.25, 0.3) is 0 Å². The molecule has 0 atom stereocenters. The highest BCUT2D eigenvalue weighted by atomic mass is 35.5. The first-order valence-corrected chi connectivity index (χ1v) is 6.56. The molecule has 5 nitrogen and oxygen atoms in total. The van der Waals surface area contributed by atoms with Crippen LogP contribution in [0.4, 0.5) is 0 Å². The van der Waals surface area contributed by atoms with Crippen LogP contribution < -0.4 is 11.4 Å². The van der Waals surface area contributed by atoms with Crippen LogP contribution in [0.25, 0.3) is 5.69 Å². The van der Waals surface area contributed by atoms with Crippen molar-refractivity contribution in [2.75, 3.05) is 0 Å². The first kappa shape index (κ1) is 14.0. The molecule has 7 heteroatoms. The predicted molar refractivity (Wildman–Crippen MR) is 75.6 cm³/mol. The minimum atomic E-state index is -0.420. The SMILES string of the molecule is CCCn1c(=O)n(-c2cc(Cl)cc(Cl)c2)c(=O)n1C. The summed E-state index contributed by atoms with van der Waals surface area (Å²) in [5.41, 5.74) is -0.442. The highest BCUT2D eigenvalue weighted by Gasteiger charge is 2.14. The van der Waals surface area contributed by atoms with E-state index in [9.17, 15) is 9.59 Å². The van der Waals surface area contributed by atoms with E-state index in [2.05, 4.69) is 0 Å². The lowest BCUT2D eigenvalue weighted by molar-refractivity contribution is 0.480. The number of rotatable bonds is 3. The second kappa shape index (κ2) is 5.27. The van der Waals surface area contributed by atoms with Crippen molar-refractivity contribution >= 4 is 23.2 Å². The molecule has 1 heterocycles. The Bertz CT molecular complexity index is 707. The van der Waals surface area contributed by atoms with Crippen molar-refractivity contribution < 1.29 is 0 Å². The van der Waals surface area contributed by atoms with Gasteiger partial charge in [-0.05, 0) is 24.6 Å². The van der Waals surface area contributed by atoms with Crippen LogP contribution in [0.15, 0.2) is 27.8 Å². The molecule has 0 unspecified atom stereocenters. The lowest BCUT2D eigenvalue weighted by Gasteiger charge is -2.01. The normalized spacial score (nSPS) is 10.9. The fourth-order valence-electron chi connectivity index (χ4n) is 1.92. The number of benzene rings is 1. The zero-order chi connectivity index (χ0) is 14.2. The second-order valence-electron chi connectivity index (χ2n) is 4.17. The smallest absolute Gasteiger partial charge is 0.246 e. The largest absolute Gasteiger partial charge is 0.351 e. The van der Waals surface area contributed by atoms with Gasteiger partial charge in [0.2, 0.25) is 0 Å². The molecule has 2 aromatic rings. The molecule has 1 aromatic carbocycles. The van der Waals surface area contributed by atoms with Crippen LogP contribution in [0.5, 0.6) is 0 Å². The Balaban J connectivity index is 2.73. The molecule has 0 aliphatic carbocycles. The monoisotopic (exact) mass is 301 g/mol. The molecule has 2 rings (SSSR count). The van der Waals surface area contributed by atoms with Gasteiger partial charge in [-0.3, -0.25) is 0 Å². The number of nitrogens with zero attached hydrogens (tertiary/aromatic N) is 3. The average molecular weight is 302 g/mol. The Kier molecular flexibility index (Phi) is 3.87. The quantitative estimate of drug-likeness (QED) is 0.871. The minimum absolute atomic E-state index is 0.373. The van der Waals surface area contributed by atoms with Crippen LogP contribution in [0.2, 0.25) is 10.0 Å². The van der Waals surface area contributed by atoms with E-state index in [1.54, 1.807) is 13.1 Å². The molecule has 0 fully saturated rings. The van der Waals surface area contributed by atoms with Gasteiger partial charge >= 0.3 is 11.4 Å². The maximum absolute atomic E-state index is 12.2. The summed E-state index contributed by atoms with van der Waals surface area (Å²) in [5, 5.41) is 0.749. The van der Waals surface area contributed by atoms with Crippen LogP contribution in [0.3, 0.4) is 0 Å². The van der Waals surface area contributed by atoms with E-state index in [0.717, 1.165) is 11.0 Å². The third-order valence-electron chi connectivity index (χ3n) is 2.78. The molecule has 0 spiro atoms. The van der Waals surface area contributed by atoms with Gasteiger partial charge in [0.05, 0.1) is 5.69 Å². The van der Waals surface area contributed by atoms with Crippen molar-refractivity contribution in [2.24, 2.45) is 7.05 Å². The molecule has 0 N–H and O–H groups in total. The van der Waals surface area contributed by atoms with Crippen LogP contribution in [0.1, 0.15) is 13.3 Å². The first-order valence-electron chi connectivity index (χ1n) is 5.81. The predicted octanol–water partition coefficient (Wildman–Crippen LogP) is 2.05. The summed E-state index contributed by atoms with van der Waals surface area (Å²) in [6, 6.07) is 4.62. The first-order chi connectivity index (χ1) is 8.95. The van der Waals surface area contributed by atoms with E-state index in [4.69, 9.17) is 23.2 Å². The topological polar surface area (TPSA) is 48.9 Å². The summed E-state index contributed by atoms with van der Waals surface area (Å²) in [6.45, 7) is 2.41. The summed E-state index contributed by atoms with van der Waals surface area (Å²) < 4.78 is 3.74. The van der Waals surface area contributed by atoms with E-state index < -0.39 is 11.4 Å². The Morgan fingerprint density at radius 3 is 2.16 bits per heavy atom. The zero-order valence-electron chi connectivity index (χ0n) is 10.6. The Morgan fingerprint density at radius 1 is 1.05 bits per heavy atom. The van der Waals surface area contributed by atoms with E-state index in [0.29, 0.717) is 22.3 Å². The fourth-order valence-corrected chi connectivity index (χ4v) is 2.43. The van der Waals surface area contributed by atoms with Gasteiger partial charge in [0.15, 0.2) is 0 Å². The molecule has 0 saturated carbocycles. The zero-order valence-corrected chi connectivity index (χ0v) is 12.1. The molecular weight excluding hydrogens is 289 g/mol. The van der Waals surface area contributed by atoms with Crippen molar-refractivity contribution in [3.8, 4) is 5.69 Å². The van der Waals surface area contributed by atoms with Crippen LogP contribution >= 0.6 is 23.2 Å². The number of hydrogen-bond donors (Lipinski definition) is 0. The van der Waals surface area contributed by atoms with Gasteiger partial charge in [0.1, 0.15) is 0 Å². The average Bonchev–Trinajstić information content (AvgIpc) is 2.52. The maximum atomic E-state index is 12.2. The lowest BCUT2D eigenvalue weighted by Crippen LogP contribution is -2.27. The Hall–Kier alpha value is -1.46. The number of hydrogen-bond acceptors (Lipinski definition) is 2. The van der Waals surface area contributed by atoms with Gasteiger partial charge < -0.3 is 0 Å². The highest BCUT2D eigenvalue weighted by molar-refractivity contribution is 6.34. The highest BCUT2D eigenvalue weighted by Crippen LogP contribution is 2.20. The van der Waals surface area contributed by atoms with Crippen molar-refractivity contribution in [1.29, 1.82) is 0 Å². The van der Waals surface area contributed by atoms with E-state index >= 15 is 0 Å². The molecule has 19 heavy (non-hydrogen) atoms. The molecule has 0 saturated heterocycles. The van der Waals surface area contributed by atoms with Crippen molar-refractivity contribution in [3.05, 3.63) is 49.2 Å². The fraction of sp³-hybridized carbons (Fsp3) is 0.333. The van der Waals surface area contributed by atoms with Crippen molar-refractivity contribution in [2.45, 2.75) is 19.9 Å². The third-order valence-corrected chi connectivity index (χ3v) is 3.22. The van der Waals surface area contributed by atoms with Crippen LogP contribution in [0, 0.1) is 0 Å². The maximum Gasteiger partial charge on any atom is 0.351 e. The molecule has 1 aromatic heterocycles.